The number of allylic oxidation sites excluding steroid dienone is 2. The molecule has 10 aromatic rings. The van der Waals surface area contributed by atoms with Gasteiger partial charge in [-0.25, -0.2) is 0 Å². The fourth-order valence-corrected chi connectivity index (χ4v) is 10.8. The van der Waals surface area contributed by atoms with Gasteiger partial charge in [-0.3, -0.25) is 0 Å². The predicted octanol–water partition coefficient (Wildman–Crippen LogP) is 16.0. The fourth-order valence-electron chi connectivity index (χ4n) is 9.58. The van der Waals surface area contributed by atoms with Crippen LogP contribution in [-0.4, -0.2) is 6.04 Å². The summed E-state index contributed by atoms with van der Waals surface area (Å²) in [6.45, 7) is 0. The largest absolute Gasteiger partial charge is 0.333 e. The summed E-state index contributed by atoms with van der Waals surface area (Å²) >= 11 is 1.89. The highest BCUT2D eigenvalue weighted by atomic mass is 32.1. The molecular formula is C56H38N2S. The van der Waals surface area contributed by atoms with Crippen molar-refractivity contribution in [2.45, 2.75) is 12.5 Å². The Bertz CT molecular complexity index is 3300. The van der Waals surface area contributed by atoms with Crippen LogP contribution in [0.2, 0.25) is 0 Å². The highest BCUT2D eigenvalue weighted by Gasteiger charge is 2.35. The molecule has 3 heteroatoms. The van der Waals surface area contributed by atoms with Gasteiger partial charge in [-0.1, -0.05) is 152 Å². The second-order valence-electron chi connectivity index (χ2n) is 15.6. The van der Waals surface area contributed by atoms with E-state index in [9.17, 15) is 0 Å². The Hall–Kier alpha value is -7.20. The second kappa shape index (κ2) is 13.7. The molecule has 0 fully saturated rings. The third-order valence-corrected chi connectivity index (χ3v) is 13.5. The van der Waals surface area contributed by atoms with E-state index in [0.717, 1.165) is 17.8 Å². The van der Waals surface area contributed by atoms with E-state index in [4.69, 9.17) is 0 Å². The van der Waals surface area contributed by atoms with E-state index in [1.165, 1.54) is 92.2 Å². The SMILES string of the molecule is C1=CCC2C(=C1)c1cc(-c3ccc(N(c4ccccc4)c4cc5ccccc5c5ccccc45)cc3)ccc1N2c1ccc(-c2cccc3c2sc2ccccc23)cc1. The molecule has 278 valence electrons. The Morgan fingerprint density at radius 1 is 0.492 bits per heavy atom. The summed E-state index contributed by atoms with van der Waals surface area (Å²) in [7, 11) is 0. The number of anilines is 5. The number of nitrogens with zero attached hydrogens (tertiary/aromatic N) is 2. The molecule has 2 heterocycles. The summed E-state index contributed by atoms with van der Waals surface area (Å²) in [5.41, 5.74) is 13.6. The summed E-state index contributed by atoms with van der Waals surface area (Å²) < 4.78 is 2.69. The van der Waals surface area contributed by atoms with Crippen LogP contribution in [0.25, 0.3) is 69.5 Å². The molecule has 0 radical (unpaired) electrons. The zero-order valence-corrected chi connectivity index (χ0v) is 33.1. The number of fused-ring (bicyclic) bond motifs is 9. The number of hydrogen-bond acceptors (Lipinski definition) is 3. The lowest BCUT2D eigenvalue weighted by Gasteiger charge is -2.28. The van der Waals surface area contributed by atoms with Crippen molar-refractivity contribution in [1.82, 2.24) is 0 Å². The molecule has 9 aromatic carbocycles. The molecule has 1 unspecified atom stereocenters. The maximum Gasteiger partial charge on any atom is 0.0632 e. The first kappa shape index (κ1) is 33.9. The van der Waals surface area contributed by atoms with Gasteiger partial charge in [0.1, 0.15) is 0 Å². The van der Waals surface area contributed by atoms with E-state index in [2.05, 4.69) is 222 Å². The standard InChI is InChI=1S/C56H38N2S/c1-2-14-41(15-3-1)57(54-36-40-13-4-5-16-44(40)46-17-6-7-18-47(46)54)42-30-25-37(26-31-42)39-29-34-53-51(35-39)48-19-8-10-23-52(48)58(53)43-32-27-38(28-33-43)45-21-12-22-50-49-20-9-11-24-55(49)59-56(45)50/h1-22,24-36,52H,23H2. The Morgan fingerprint density at radius 3 is 2.02 bits per heavy atom. The molecule has 1 aliphatic heterocycles. The fraction of sp³-hybridized carbons (Fsp3) is 0.0357. The molecule has 12 rings (SSSR count). The van der Waals surface area contributed by atoms with Gasteiger partial charge in [-0.05, 0) is 111 Å². The van der Waals surface area contributed by atoms with E-state index in [1.807, 2.05) is 11.3 Å². The van der Waals surface area contributed by atoms with Gasteiger partial charge in [0.05, 0.1) is 11.7 Å². The maximum absolute atomic E-state index is 2.55. The molecule has 0 saturated heterocycles. The molecule has 0 amide bonds. The molecule has 0 N–H and O–H groups in total. The minimum absolute atomic E-state index is 0.265. The Balaban J connectivity index is 0.901. The third-order valence-electron chi connectivity index (χ3n) is 12.3. The van der Waals surface area contributed by atoms with Crippen LogP contribution in [0.3, 0.4) is 0 Å². The minimum Gasteiger partial charge on any atom is -0.333 e. The first-order valence-electron chi connectivity index (χ1n) is 20.4. The average molecular weight is 771 g/mol. The molecule has 0 bridgehead atoms. The van der Waals surface area contributed by atoms with Gasteiger partial charge in [0.15, 0.2) is 0 Å². The van der Waals surface area contributed by atoms with Crippen molar-refractivity contribution in [2.24, 2.45) is 0 Å². The van der Waals surface area contributed by atoms with Crippen LogP contribution in [0.4, 0.5) is 28.4 Å². The molecular weight excluding hydrogens is 733 g/mol. The monoisotopic (exact) mass is 770 g/mol. The van der Waals surface area contributed by atoms with E-state index in [0.29, 0.717) is 0 Å². The van der Waals surface area contributed by atoms with Gasteiger partial charge in [-0.15, -0.1) is 11.3 Å². The van der Waals surface area contributed by atoms with Crippen LogP contribution in [0.5, 0.6) is 0 Å². The van der Waals surface area contributed by atoms with Gasteiger partial charge in [-0.2, -0.15) is 0 Å². The summed E-state index contributed by atoms with van der Waals surface area (Å²) in [5, 5.41) is 7.67. The second-order valence-corrected chi connectivity index (χ2v) is 16.7. The maximum atomic E-state index is 2.55. The normalized spacial score (nSPS) is 14.5. The third kappa shape index (κ3) is 5.54. The van der Waals surface area contributed by atoms with E-state index in [-0.39, 0.29) is 6.04 Å². The van der Waals surface area contributed by atoms with Crippen LogP contribution < -0.4 is 9.80 Å². The van der Waals surface area contributed by atoms with Gasteiger partial charge in [0.25, 0.3) is 0 Å². The van der Waals surface area contributed by atoms with Crippen molar-refractivity contribution < 1.29 is 0 Å². The lowest BCUT2D eigenvalue weighted by molar-refractivity contribution is 0.829. The Labute approximate surface area is 347 Å². The first-order valence-corrected chi connectivity index (χ1v) is 21.3. The summed E-state index contributed by atoms with van der Waals surface area (Å²) in [4.78, 5) is 4.95. The van der Waals surface area contributed by atoms with E-state index < -0.39 is 0 Å². The Morgan fingerprint density at radius 2 is 1.17 bits per heavy atom. The van der Waals surface area contributed by atoms with Crippen LogP contribution in [0, 0.1) is 0 Å². The van der Waals surface area contributed by atoms with Gasteiger partial charge in [0.2, 0.25) is 0 Å². The van der Waals surface area contributed by atoms with E-state index >= 15 is 0 Å². The van der Waals surface area contributed by atoms with Gasteiger partial charge in [0, 0.05) is 53.9 Å². The number of hydrogen-bond donors (Lipinski definition) is 0. The lowest BCUT2D eigenvalue weighted by atomic mass is 9.93. The van der Waals surface area contributed by atoms with Gasteiger partial charge < -0.3 is 9.80 Å². The number of rotatable bonds is 6. The molecule has 1 aromatic heterocycles. The van der Waals surface area contributed by atoms with Crippen molar-refractivity contribution >= 4 is 87.1 Å². The minimum atomic E-state index is 0.265. The van der Waals surface area contributed by atoms with Crippen LogP contribution >= 0.6 is 11.3 Å². The highest BCUT2D eigenvalue weighted by molar-refractivity contribution is 7.26. The highest BCUT2D eigenvalue weighted by Crippen LogP contribution is 2.50. The number of thiophene rings is 1. The Kier molecular flexibility index (Phi) is 7.89. The number of para-hydroxylation sites is 1. The summed E-state index contributed by atoms with van der Waals surface area (Å²) in [6, 6.07) is 71.7. The zero-order chi connectivity index (χ0) is 38.9. The average Bonchev–Trinajstić information content (AvgIpc) is 3.86. The molecule has 59 heavy (non-hydrogen) atoms. The lowest BCUT2D eigenvalue weighted by Crippen LogP contribution is -2.26. The smallest absolute Gasteiger partial charge is 0.0632 e. The van der Waals surface area contributed by atoms with Crippen LogP contribution in [0.1, 0.15) is 12.0 Å². The van der Waals surface area contributed by atoms with Crippen molar-refractivity contribution in [1.29, 1.82) is 0 Å². The van der Waals surface area contributed by atoms with Crippen molar-refractivity contribution in [3.05, 3.63) is 218 Å². The van der Waals surface area contributed by atoms with Crippen LogP contribution in [0.15, 0.2) is 212 Å². The zero-order valence-electron chi connectivity index (χ0n) is 32.3. The first-order chi connectivity index (χ1) is 29.3. The quantitative estimate of drug-likeness (QED) is 0.155. The van der Waals surface area contributed by atoms with Gasteiger partial charge >= 0.3 is 0 Å². The summed E-state index contributed by atoms with van der Waals surface area (Å²) in [6.07, 6.45) is 7.83. The topological polar surface area (TPSA) is 6.48 Å². The van der Waals surface area contributed by atoms with Crippen LogP contribution in [-0.2, 0) is 0 Å². The van der Waals surface area contributed by atoms with Crippen molar-refractivity contribution in [3.8, 4) is 22.3 Å². The van der Waals surface area contributed by atoms with E-state index in [1.54, 1.807) is 0 Å². The van der Waals surface area contributed by atoms with Crippen molar-refractivity contribution in [2.75, 3.05) is 9.80 Å². The number of benzene rings is 9. The molecule has 0 saturated carbocycles. The predicted molar refractivity (Wildman–Crippen MR) is 254 cm³/mol. The molecule has 1 aliphatic carbocycles. The molecule has 2 aliphatic rings. The molecule has 2 nitrogen and oxygen atoms in total. The molecule has 1 atom stereocenters. The summed E-state index contributed by atoms with van der Waals surface area (Å²) in [5.74, 6) is 0. The molecule has 0 spiro atoms. The van der Waals surface area contributed by atoms with Crippen molar-refractivity contribution in [3.63, 3.8) is 0 Å².